The van der Waals surface area contributed by atoms with Crippen molar-refractivity contribution in [2.45, 2.75) is 38.6 Å². The average Bonchev–Trinajstić information content (AvgIpc) is 3.71. The highest BCUT2D eigenvalue weighted by Crippen LogP contribution is 2.32. The van der Waals surface area contributed by atoms with Crippen molar-refractivity contribution in [3.63, 3.8) is 0 Å². The van der Waals surface area contributed by atoms with Crippen LogP contribution in [-0.2, 0) is 0 Å². The van der Waals surface area contributed by atoms with Gasteiger partial charge < -0.3 is 20.9 Å². The topological polar surface area (TPSA) is 114 Å². The predicted octanol–water partition coefficient (Wildman–Crippen LogP) is 2.40. The minimum Gasteiger partial charge on any atom is -0.490 e. The van der Waals surface area contributed by atoms with Gasteiger partial charge in [-0.1, -0.05) is 6.07 Å². The Balaban J connectivity index is 1.18. The van der Waals surface area contributed by atoms with Crippen LogP contribution in [0.3, 0.4) is 0 Å². The third kappa shape index (κ3) is 5.83. The number of hydrazone groups is 1. The summed E-state index contributed by atoms with van der Waals surface area (Å²) in [5.74, 6) is 0.788. The Morgan fingerprint density at radius 2 is 2.22 bits per heavy atom. The highest BCUT2D eigenvalue weighted by atomic mass is 19.1. The quantitative estimate of drug-likeness (QED) is 0.156. The Hall–Kier alpha value is -2.98. The van der Waals surface area contributed by atoms with E-state index in [9.17, 15) is 9.18 Å². The monoisotopic (exact) mass is 443 g/mol. The summed E-state index contributed by atoms with van der Waals surface area (Å²) in [6.07, 6.45) is 5.45. The highest BCUT2D eigenvalue weighted by Gasteiger charge is 2.32. The van der Waals surface area contributed by atoms with Gasteiger partial charge >= 0.3 is 6.03 Å². The normalized spacial score (nSPS) is 19.1. The third-order valence-corrected chi connectivity index (χ3v) is 5.65. The number of nitrogens with zero attached hydrogens (tertiary/aromatic N) is 2. The molecule has 9 nitrogen and oxygen atoms in total. The number of urea groups is 1. The van der Waals surface area contributed by atoms with E-state index >= 15 is 0 Å². The molecule has 2 aliphatic carbocycles. The molecule has 1 unspecified atom stereocenters. The lowest BCUT2D eigenvalue weighted by atomic mass is 10.1. The van der Waals surface area contributed by atoms with Crippen molar-refractivity contribution in [2.24, 2.45) is 11.0 Å². The Kier molecular flexibility index (Phi) is 7.01. The van der Waals surface area contributed by atoms with Gasteiger partial charge in [-0.05, 0) is 61.8 Å². The van der Waals surface area contributed by atoms with Gasteiger partial charge in [-0.25, -0.2) is 9.18 Å². The number of ether oxygens (including phenoxy) is 1. The number of rotatable bonds is 11. The van der Waals surface area contributed by atoms with Gasteiger partial charge in [0.25, 0.3) is 0 Å². The molecule has 4 rings (SSSR count). The molecule has 2 saturated carbocycles. The summed E-state index contributed by atoms with van der Waals surface area (Å²) in [6.45, 7) is 4.02. The Morgan fingerprint density at radius 1 is 1.41 bits per heavy atom. The molecule has 172 valence electrons. The summed E-state index contributed by atoms with van der Waals surface area (Å²) in [4.78, 5) is 13.5. The zero-order valence-electron chi connectivity index (χ0n) is 18.2. The van der Waals surface area contributed by atoms with E-state index in [1.54, 1.807) is 12.1 Å². The van der Waals surface area contributed by atoms with Crippen LogP contribution >= 0.6 is 0 Å². The minimum absolute atomic E-state index is 0.0540. The van der Waals surface area contributed by atoms with Gasteiger partial charge in [0.2, 0.25) is 0 Å². The zero-order valence-corrected chi connectivity index (χ0v) is 18.2. The molecule has 0 radical (unpaired) electrons. The maximum absolute atomic E-state index is 14.0. The Morgan fingerprint density at radius 3 is 2.94 bits per heavy atom. The number of allylic oxidation sites excluding steroid dienone is 1. The molecule has 1 atom stereocenters. The van der Waals surface area contributed by atoms with E-state index in [2.05, 4.69) is 26.7 Å². The number of amides is 2. The molecule has 1 aromatic carbocycles. The van der Waals surface area contributed by atoms with E-state index in [-0.39, 0.29) is 23.7 Å². The second-order valence-corrected chi connectivity index (χ2v) is 8.36. The third-order valence-electron chi connectivity index (χ3n) is 5.65. The number of hydrogen-bond donors (Lipinski definition) is 5. The lowest BCUT2D eigenvalue weighted by Crippen LogP contribution is -2.39. The molecule has 1 heterocycles. The second-order valence-electron chi connectivity index (χ2n) is 8.36. The molecular weight excluding hydrogens is 413 g/mol. The van der Waals surface area contributed by atoms with Gasteiger partial charge in [-0.3, -0.25) is 15.8 Å². The van der Waals surface area contributed by atoms with Crippen LogP contribution in [0, 0.1) is 17.1 Å². The minimum atomic E-state index is -0.342. The van der Waals surface area contributed by atoms with E-state index in [4.69, 9.17) is 10.1 Å². The van der Waals surface area contributed by atoms with Crippen molar-refractivity contribution < 1.29 is 13.9 Å². The number of hydrazine groups is 1. The lowest BCUT2D eigenvalue weighted by Gasteiger charge is -2.17. The fourth-order valence-electron chi connectivity index (χ4n) is 3.34. The van der Waals surface area contributed by atoms with Crippen LogP contribution in [-0.4, -0.2) is 49.2 Å². The molecule has 3 aliphatic rings. The van der Waals surface area contributed by atoms with Crippen molar-refractivity contribution in [2.75, 3.05) is 26.2 Å². The van der Waals surface area contributed by atoms with Crippen molar-refractivity contribution >= 4 is 18.1 Å². The van der Waals surface area contributed by atoms with E-state index in [0.29, 0.717) is 37.9 Å². The van der Waals surface area contributed by atoms with Gasteiger partial charge in [0.15, 0.2) is 17.4 Å². The number of hydrogen-bond acceptors (Lipinski definition) is 7. The molecule has 5 N–H and O–H groups in total. The van der Waals surface area contributed by atoms with Gasteiger partial charge in [0.05, 0.1) is 19.4 Å². The van der Waals surface area contributed by atoms with Gasteiger partial charge in [0.1, 0.15) is 0 Å². The molecule has 3 fully saturated rings. The Labute approximate surface area is 186 Å². The molecule has 32 heavy (non-hydrogen) atoms. The SMILES string of the molecule is CC(NNCCN/N=C(\C=N)N1CC(=C2CC2)NC1=O)c1ccc(F)c(OCC2CC2)c1. The maximum Gasteiger partial charge on any atom is 0.327 e. The molecular formula is C22H30FN7O2. The first kappa shape index (κ1) is 22.2. The van der Waals surface area contributed by atoms with Crippen LogP contribution in [0.1, 0.15) is 44.2 Å². The first-order chi connectivity index (χ1) is 15.5. The fourth-order valence-corrected chi connectivity index (χ4v) is 3.34. The highest BCUT2D eigenvalue weighted by molar-refractivity contribution is 6.31. The molecule has 1 aliphatic heterocycles. The van der Waals surface area contributed by atoms with Crippen LogP contribution in [0.4, 0.5) is 9.18 Å². The van der Waals surface area contributed by atoms with Gasteiger partial charge in [-0.2, -0.15) is 5.10 Å². The smallest absolute Gasteiger partial charge is 0.327 e. The molecule has 1 aromatic rings. The fraction of sp³-hybridized carbons (Fsp3) is 0.500. The Bertz CT molecular complexity index is 923. The maximum atomic E-state index is 14.0. The molecule has 0 spiro atoms. The van der Waals surface area contributed by atoms with E-state index < -0.39 is 0 Å². The first-order valence-electron chi connectivity index (χ1n) is 11.1. The molecule has 10 heteroatoms. The van der Waals surface area contributed by atoms with Crippen LogP contribution < -0.4 is 26.3 Å². The number of carbonyl (C=O) groups excluding carboxylic acids is 1. The summed E-state index contributed by atoms with van der Waals surface area (Å²) < 4.78 is 19.6. The summed E-state index contributed by atoms with van der Waals surface area (Å²) >= 11 is 0. The summed E-state index contributed by atoms with van der Waals surface area (Å²) in [5, 5.41) is 14.6. The standard InChI is InChI=1S/C22H30FN7O2/c1-14(17-6-7-18(23)20(10-17)32-13-15-2-3-15)28-25-8-9-26-29-21(11-24)30-12-19(16-4-5-16)27-22(30)31/h6-7,10-11,14-15,24-26,28H,2-5,8-9,12-13H2,1H3,(H,27,31)/b24-11?,29-21+. The van der Waals surface area contributed by atoms with Crippen LogP contribution in [0.15, 0.2) is 34.6 Å². The number of nitrogens with one attached hydrogen (secondary N) is 5. The number of carbonyl (C=O) groups is 1. The van der Waals surface area contributed by atoms with Crippen LogP contribution in [0.5, 0.6) is 5.75 Å². The second kappa shape index (κ2) is 10.1. The van der Waals surface area contributed by atoms with E-state index in [1.165, 1.54) is 16.5 Å². The first-order valence-corrected chi connectivity index (χ1v) is 11.1. The zero-order chi connectivity index (χ0) is 22.5. The van der Waals surface area contributed by atoms with Crippen molar-refractivity contribution in [1.82, 2.24) is 26.5 Å². The van der Waals surface area contributed by atoms with Crippen molar-refractivity contribution in [3.05, 3.63) is 40.8 Å². The van der Waals surface area contributed by atoms with E-state index in [1.807, 2.05) is 6.92 Å². The average molecular weight is 444 g/mol. The number of halogens is 1. The molecule has 1 saturated heterocycles. The van der Waals surface area contributed by atoms with E-state index in [0.717, 1.165) is 43.2 Å². The predicted molar refractivity (Wildman–Crippen MR) is 120 cm³/mol. The number of benzene rings is 1. The van der Waals surface area contributed by atoms with Crippen molar-refractivity contribution in [1.29, 1.82) is 5.41 Å². The van der Waals surface area contributed by atoms with Crippen LogP contribution in [0.25, 0.3) is 0 Å². The summed E-state index contributed by atoms with van der Waals surface area (Å²) in [6, 6.07) is 4.61. The van der Waals surface area contributed by atoms with Gasteiger partial charge in [-0.15, -0.1) is 0 Å². The van der Waals surface area contributed by atoms with Gasteiger partial charge in [0, 0.05) is 24.8 Å². The molecule has 2 amide bonds. The largest absolute Gasteiger partial charge is 0.490 e. The lowest BCUT2D eigenvalue weighted by molar-refractivity contribution is 0.234. The number of amidine groups is 1. The molecule has 0 bridgehead atoms. The van der Waals surface area contributed by atoms with Crippen LogP contribution in [0.2, 0.25) is 0 Å². The summed E-state index contributed by atoms with van der Waals surface area (Å²) in [7, 11) is 0. The molecule has 0 aromatic heterocycles. The summed E-state index contributed by atoms with van der Waals surface area (Å²) in [5.41, 5.74) is 12.3. The van der Waals surface area contributed by atoms with Crippen molar-refractivity contribution in [3.8, 4) is 5.75 Å².